The van der Waals surface area contributed by atoms with Crippen molar-refractivity contribution in [3.63, 3.8) is 0 Å². The highest BCUT2D eigenvalue weighted by atomic mass is 28.4. The summed E-state index contributed by atoms with van der Waals surface area (Å²) in [6, 6.07) is 0. The second-order valence-corrected chi connectivity index (χ2v) is 14.5. The fourth-order valence-electron chi connectivity index (χ4n) is 3.05. The third-order valence-electron chi connectivity index (χ3n) is 6.04. The third-order valence-corrected chi connectivity index (χ3v) is 10.5. The van der Waals surface area contributed by atoms with Crippen molar-refractivity contribution in [2.24, 2.45) is 5.92 Å². The highest BCUT2D eigenvalue weighted by Gasteiger charge is 2.41. The first-order valence-electron chi connectivity index (χ1n) is 11.0. The first kappa shape index (κ1) is 28.0. The van der Waals surface area contributed by atoms with Gasteiger partial charge in [-0.25, -0.2) is 0 Å². The van der Waals surface area contributed by atoms with Crippen LogP contribution in [0.5, 0.6) is 0 Å². The maximum atomic E-state index is 12.1. The van der Waals surface area contributed by atoms with Crippen molar-refractivity contribution in [3.05, 3.63) is 37.0 Å². The minimum Gasteiger partial charge on any atom is -0.410 e. The van der Waals surface area contributed by atoms with E-state index in [0.29, 0.717) is 18.6 Å². The molecule has 1 unspecified atom stereocenters. The Hall–Kier alpha value is -0.973. The summed E-state index contributed by atoms with van der Waals surface area (Å²) in [4.78, 5) is 12.1. The zero-order valence-corrected chi connectivity index (χ0v) is 21.3. The molecule has 168 valence electrons. The van der Waals surface area contributed by atoms with Gasteiger partial charge in [-0.1, -0.05) is 51.5 Å². The molecule has 0 aliphatic carbocycles. The molecule has 4 heteroatoms. The van der Waals surface area contributed by atoms with Crippen LogP contribution in [-0.2, 0) is 14.0 Å². The molecule has 0 aliphatic heterocycles. The van der Waals surface area contributed by atoms with E-state index in [9.17, 15) is 4.79 Å². The van der Waals surface area contributed by atoms with E-state index >= 15 is 0 Å². The Kier molecular flexibility index (Phi) is 12.9. The molecule has 29 heavy (non-hydrogen) atoms. The van der Waals surface area contributed by atoms with Crippen LogP contribution in [0.4, 0.5) is 0 Å². The van der Waals surface area contributed by atoms with Gasteiger partial charge in [0.15, 0.2) is 8.32 Å². The molecule has 0 amide bonds. The Bertz CT molecular complexity index is 543. The van der Waals surface area contributed by atoms with E-state index in [4.69, 9.17) is 9.16 Å². The SMILES string of the molecule is C=CCCCCC(=O)CC/C(C)=C\C(C)[C@H](O[Si](C)(C)C(C)(C)C)[C@H](C=C)OC. The molecule has 0 heterocycles. The summed E-state index contributed by atoms with van der Waals surface area (Å²) >= 11 is 0. The Labute approximate surface area is 181 Å². The molecule has 3 atom stereocenters. The molecule has 0 saturated carbocycles. The number of Topliss-reactive ketones (excluding diaryl/α,β-unsaturated/α-hetero) is 1. The molecule has 0 aromatic rings. The summed E-state index contributed by atoms with van der Waals surface area (Å²) in [5, 5.41) is 0.126. The van der Waals surface area contributed by atoms with E-state index in [-0.39, 0.29) is 23.2 Å². The average molecular weight is 423 g/mol. The summed E-state index contributed by atoms with van der Waals surface area (Å²) in [5.74, 6) is 0.527. The molecular formula is C25H46O3Si. The van der Waals surface area contributed by atoms with Gasteiger partial charge in [0.05, 0.1) is 6.10 Å². The Morgan fingerprint density at radius 3 is 2.21 bits per heavy atom. The van der Waals surface area contributed by atoms with Crippen LogP contribution in [0.1, 0.15) is 73.1 Å². The highest BCUT2D eigenvalue weighted by Crippen LogP contribution is 2.39. The van der Waals surface area contributed by atoms with E-state index in [1.807, 2.05) is 12.2 Å². The number of carbonyl (C=O) groups excluding carboxylic acids is 1. The molecular weight excluding hydrogens is 376 g/mol. The summed E-state index contributed by atoms with van der Waals surface area (Å²) in [6.07, 6.45) is 10.9. The summed E-state index contributed by atoms with van der Waals surface area (Å²) in [6.45, 7) is 23.2. The van der Waals surface area contributed by atoms with Crippen molar-refractivity contribution >= 4 is 14.1 Å². The Balaban J connectivity index is 5.05. The molecule has 0 N–H and O–H groups in total. The van der Waals surface area contributed by atoms with Gasteiger partial charge in [-0.3, -0.25) is 4.79 Å². The topological polar surface area (TPSA) is 35.5 Å². The van der Waals surface area contributed by atoms with Gasteiger partial charge >= 0.3 is 0 Å². The molecule has 0 aromatic carbocycles. The molecule has 0 fully saturated rings. The van der Waals surface area contributed by atoms with E-state index in [2.05, 4.69) is 66.9 Å². The number of ether oxygens (including phenoxy) is 1. The number of hydrogen-bond acceptors (Lipinski definition) is 3. The zero-order chi connectivity index (χ0) is 22.7. The van der Waals surface area contributed by atoms with E-state index < -0.39 is 8.32 Å². The van der Waals surface area contributed by atoms with Crippen LogP contribution in [0.2, 0.25) is 18.1 Å². The van der Waals surface area contributed by atoms with Crippen LogP contribution in [0.3, 0.4) is 0 Å². The van der Waals surface area contributed by atoms with Crippen LogP contribution in [0.25, 0.3) is 0 Å². The van der Waals surface area contributed by atoms with Gasteiger partial charge in [-0.2, -0.15) is 0 Å². The number of unbranched alkanes of at least 4 members (excludes halogenated alkanes) is 2. The minimum atomic E-state index is -1.95. The lowest BCUT2D eigenvalue weighted by Crippen LogP contribution is -2.49. The van der Waals surface area contributed by atoms with E-state index in [0.717, 1.165) is 25.7 Å². The smallest absolute Gasteiger partial charge is 0.192 e. The van der Waals surface area contributed by atoms with Crippen LogP contribution < -0.4 is 0 Å². The molecule has 3 nitrogen and oxygen atoms in total. The highest BCUT2D eigenvalue weighted by molar-refractivity contribution is 6.74. The van der Waals surface area contributed by atoms with Crippen molar-refractivity contribution in [1.29, 1.82) is 0 Å². The van der Waals surface area contributed by atoms with Gasteiger partial charge in [-0.15, -0.1) is 13.2 Å². The normalized spacial score (nSPS) is 16.2. The number of rotatable bonds is 15. The predicted molar refractivity (Wildman–Crippen MR) is 129 cm³/mol. The largest absolute Gasteiger partial charge is 0.410 e. The van der Waals surface area contributed by atoms with Crippen LogP contribution in [0.15, 0.2) is 37.0 Å². The second kappa shape index (κ2) is 13.4. The fourth-order valence-corrected chi connectivity index (χ4v) is 4.44. The molecule has 0 aliphatic rings. The van der Waals surface area contributed by atoms with Crippen molar-refractivity contribution in [3.8, 4) is 0 Å². The molecule has 0 rings (SSSR count). The monoisotopic (exact) mass is 422 g/mol. The summed E-state index contributed by atoms with van der Waals surface area (Å²) in [7, 11) is -0.243. The maximum Gasteiger partial charge on any atom is 0.192 e. The molecule has 0 spiro atoms. The van der Waals surface area contributed by atoms with Crippen LogP contribution in [0, 0.1) is 5.92 Å². The van der Waals surface area contributed by atoms with Gasteiger partial charge in [0, 0.05) is 25.9 Å². The van der Waals surface area contributed by atoms with E-state index in [1.165, 1.54) is 5.57 Å². The van der Waals surface area contributed by atoms with Gasteiger partial charge in [-0.05, 0) is 50.7 Å². The first-order chi connectivity index (χ1) is 13.4. The lowest BCUT2D eigenvalue weighted by Gasteiger charge is -2.42. The first-order valence-corrected chi connectivity index (χ1v) is 13.9. The minimum absolute atomic E-state index is 0.0806. The number of methoxy groups -OCH3 is 1. The van der Waals surface area contributed by atoms with Crippen molar-refractivity contribution in [2.45, 2.75) is 103 Å². The number of ketones is 1. The summed E-state index contributed by atoms with van der Waals surface area (Å²) in [5.41, 5.74) is 1.24. The standard InChI is InChI=1S/C25H46O3Si/c1-11-13-14-15-16-22(26)18-17-20(3)19-21(4)24(23(12-2)27-8)28-29(9,10)25(5,6)7/h11-12,19,21,23-24H,1-2,13-18H2,3-10H3/b20-19-/t21?,23-,24-/m0/s1. The second-order valence-electron chi connectivity index (χ2n) is 9.72. The van der Waals surface area contributed by atoms with Crippen molar-refractivity contribution < 1.29 is 14.0 Å². The van der Waals surface area contributed by atoms with Gasteiger partial charge in [0.25, 0.3) is 0 Å². The Morgan fingerprint density at radius 2 is 1.72 bits per heavy atom. The average Bonchev–Trinajstić information content (AvgIpc) is 2.62. The van der Waals surface area contributed by atoms with Crippen LogP contribution in [-0.4, -0.2) is 33.4 Å². The quantitative estimate of drug-likeness (QED) is 0.158. The maximum absolute atomic E-state index is 12.1. The third kappa shape index (κ3) is 10.6. The van der Waals surface area contributed by atoms with Crippen molar-refractivity contribution in [1.82, 2.24) is 0 Å². The molecule has 0 bridgehead atoms. The number of hydrogen-bond donors (Lipinski definition) is 0. The lowest BCUT2D eigenvalue weighted by atomic mass is 9.95. The zero-order valence-electron chi connectivity index (χ0n) is 20.3. The van der Waals surface area contributed by atoms with Gasteiger partial charge in [0.2, 0.25) is 0 Å². The fraction of sp³-hybridized carbons (Fsp3) is 0.720. The summed E-state index contributed by atoms with van der Waals surface area (Å²) < 4.78 is 12.4. The number of allylic oxidation sites excluding steroid dienone is 2. The molecule has 0 saturated heterocycles. The van der Waals surface area contributed by atoms with Crippen molar-refractivity contribution in [2.75, 3.05) is 7.11 Å². The van der Waals surface area contributed by atoms with Gasteiger partial charge < -0.3 is 9.16 Å². The lowest BCUT2D eigenvalue weighted by molar-refractivity contribution is -0.119. The Morgan fingerprint density at radius 1 is 1.10 bits per heavy atom. The van der Waals surface area contributed by atoms with Crippen LogP contribution >= 0.6 is 0 Å². The van der Waals surface area contributed by atoms with Gasteiger partial charge in [0.1, 0.15) is 11.9 Å². The predicted octanol–water partition coefficient (Wildman–Crippen LogP) is 7.26. The molecule has 0 aromatic heterocycles. The molecule has 0 radical (unpaired) electrons. The number of carbonyl (C=O) groups is 1. The van der Waals surface area contributed by atoms with E-state index in [1.54, 1.807) is 7.11 Å².